The summed E-state index contributed by atoms with van der Waals surface area (Å²) in [6, 6.07) is 0. The topological polar surface area (TPSA) is 52.6 Å². The largest absolute Gasteiger partial charge is 0.462 e. The van der Waals surface area contributed by atoms with Crippen molar-refractivity contribution in [3.05, 3.63) is 0 Å². The predicted molar refractivity (Wildman–Crippen MR) is 102 cm³/mol. The molecule has 0 aromatic rings. The fraction of sp³-hybridized carbons (Fsp3) is 0.905. The smallest absolute Gasteiger partial charge is 0.306 e. The van der Waals surface area contributed by atoms with Crippen molar-refractivity contribution in [3.8, 4) is 0 Å². The van der Waals surface area contributed by atoms with Crippen molar-refractivity contribution in [2.45, 2.75) is 117 Å². The van der Waals surface area contributed by atoms with Gasteiger partial charge in [0, 0.05) is 12.8 Å². The highest BCUT2D eigenvalue weighted by molar-refractivity contribution is 5.70. The zero-order valence-electron chi connectivity index (χ0n) is 16.8. The molecule has 0 heterocycles. The lowest BCUT2D eigenvalue weighted by Crippen LogP contribution is -2.22. The fourth-order valence-corrected chi connectivity index (χ4v) is 2.70. The van der Waals surface area contributed by atoms with E-state index in [-0.39, 0.29) is 24.6 Å². The van der Waals surface area contributed by atoms with E-state index in [0.29, 0.717) is 12.8 Å². The van der Waals surface area contributed by atoms with Gasteiger partial charge in [0.05, 0.1) is 0 Å². The monoisotopic (exact) mass is 356 g/mol. The average molecular weight is 357 g/mol. The molecule has 25 heavy (non-hydrogen) atoms. The lowest BCUT2D eigenvalue weighted by Gasteiger charge is -2.13. The molecular weight excluding hydrogens is 316 g/mol. The van der Waals surface area contributed by atoms with E-state index in [1.807, 2.05) is 0 Å². The second-order valence-corrected chi connectivity index (χ2v) is 7.02. The Kier molecular flexibility index (Phi) is 17.0. The molecule has 0 saturated heterocycles. The van der Waals surface area contributed by atoms with E-state index in [4.69, 9.17) is 9.47 Å². The van der Waals surface area contributed by atoms with Gasteiger partial charge in [-0.1, -0.05) is 78.1 Å². The fourth-order valence-electron chi connectivity index (χ4n) is 2.70. The molecule has 0 amide bonds. The first-order valence-electron chi connectivity index (χ1n) is 10.4. The van der Waals surface area contributed by atoms with E-state index in [2.05, 4.69) is 13.8 Å². The summed E-state index contributed by atoms with van der Waals surface area (Å²) in [5.41, 5.74) is 0. The third-order valence-corrected chi connectivity index (χ3v) is 4.28. The predicted octanol–water partition coefficient (Wildman–Crippen LogP) is 5.96. The van der Waals surface area contributed by atoms with Crippen LogP contribution >= 0.6 is 0 Å². The normalized spacial score (nSPS) is 12.0. The number of carbonyl (C=O) groups is 2. The first-order chi connectivity index (χ1) is 12.1. The molecule has 0 bridgehead atoms. The third kappa shape index (κ3) is 17.6. The Morgan fingerprint density at radius 3 is 1.64 bits per heavy atom. The molecular formula is C21H40O4. The van der Waals surface area contributed by atoms with Crippen LogP contribution in [0.1, 0.15) is 111 Å². The van der Waals surface area contributed by atoms with Crippen LogP contribution in [0.15, 0.2) is 0 Å². The highest BCUT2D eigenvalue weighted by atomic mass is 16.6. The maximum Gasteiger partial charge on any atom is 0.306 e. The number of rotatable bonds is 17. The standard InChI is InChI=1S/C21H40O4/c1-4-6-8-10-12-14-16-20(22)24-18-19(3)25-21(23)17-15-13-11-9-7-5-2/h19H,4-18H2,1-3H3/t19-/m1/s1. The molecule has 0 radical (unpaired) electrons. The quantitative estimate of drug-likeness (QED) is 0.238. The van der Waals surface area contributed by atoms with Crippen molar-refractivity contribution in [2.24, 2.45) is 0 Å². The van der Waals surface area contributed by atoms with Gasteiger partial charge in [0.1, 0.15) is 12.7 Å². The van der Waals surface area contributed by atoms with Gasteiger partial charge in [-0.3, -0.25) is 9.59 Å². The number of unbranched alkanes of at least 4 members (excludes halogenated alkanes) is 10. The summed E-state index contributed by atoms with van der Waals surface area (Å²) in [6.07, 6.45) is 14.4. The number of carbonyl (C=O) groups excluding carboxylic acids is 2. The Bertz CT molecular complexity index is 328. The van der Waals surface area contributed by atoms with Gasteiger partial charge in [-0.25, -0.2) is 0 Å². The van der Waals surface area contributed by atoms with Crippen LogP contribution in [0.3, 0.4) is 0 Å². The molecule has 0 aliphatic rings. The summed E-state index contributed by atoms with van der Waals surface area (Å²) in [4.78, 5) is 23.4. The van der Waals surface area contributed by atoms with Crippen molar-refractivity contribution in [3.63, 3.8) is 0 Å². The summed E-state index contributed by atoms with van der Waals surface area (Å²) >= 11 is 0. The van der Waals surface area contributed by atoms with Gasteiger partial charge < -0.3 is 9.47 Å². The molecule has 0 aliphatic heterocycles. The Morgan fingerprint density at radius 2 is 1.12 bits per heavy atom. The van der Waals surface area contributed by atoms with Crippen LogP contribution in [0, 0.1) is 0 Å². The lowest BCUT2D eigenvalue weighted by molar-refractivity contribution is -0.158. The molecule has 0 unspecified atom stereocenters. The summed E-state index contributed by atoms with van der Waals surface area (Å²) < 4.78 is 10.5. The van der Waals surface area contributed by atoms with Crippen LogP contribution in [0.5, 0.6) is 0 Å². The first kappa shape index (κ1) is 23.9. The van der Waals surface area contributed by atoms with Crippen molar-refractivity contribution < 1.29 is 19.1 Å². The number of esters is 2. The molecule has 0 spiro atoms. The summed E-state index contributed by atoms with van der Waals surface area (Å²) in [5, 5.41) is 0. The molecule has 0 aromatic heterocycles. The van der Waals surface area contributed by atoms with Crippen LogP contribution in [0.25, 0.3) is 0 Å². The molecule has 0 saturated carbocycles. The molecule has 0 N–H and O–H groups in total. The van der Waals surface area contributed by atoms with Gasteiger partial charge >= 0.3 is 11.9 Å². The van der Waals surface area contributed by atoms with Crippen molar-refractivity contribution in [1.82, 2.24) is 0 Å². The summed E-state index contributed by atoms with van der Waals surface area (Å²) in [7, 11) is 0. The van der Waals surface area contributed by atoms with Crippen molar-refractivity contribution >= 4 is 11.9 Å². The molecule has 4 nitrogen and oxygen atoms in total. The first-order valence-corrected chi connectivity index (χ1v) is 10.4. The maximum atomic E-state index is 11.7. The Labute approximate surface area is 155 Å². The maximum absolute atomic E-state index is 11.7. The zero-order valence-corrected chi connectivity index (χ0v) is 16.8. The minimum absolute atomic E-state index is 0.164. The van der Waals surface area contributed by atoms with Crippen LogP contribution in [-0.4, -0.2) is 24.6 Å². The van der Waals surface area contributed by atoms with E-state index in [0.717, 1.165) is 25.7 Å². The minimum atomic E-state index is -0.360. The summed E-state index contributed by atoms with van der Waals surface area (Å²) in [5.74, 6) is -0.371. The molecule has 148 valence electrons. The highest BCUT2D eigenvalue weighted by Crippen LogP contribution is 2.09. The molecule has 0 rings (SSSR count). The van der Waals surface area contributed by atoms with Gasteiger partial charge in [-0.15, -0.1) is 0 Å². The Morgan fingerprint density at radius 1 is 0.680 bits per heavy atom. The Balaban J connectivity index is 3.52. The van der Waals surface area contributed by atoms with Gasteiger partial charge in [0.2, 0.25) is 0 Å². The van der Waals surface area contributed by atoms with Crippen LogP contribution in [-0.2, 0) is 19.1 Å². The average Bonchev–Trinajstić information content (AvgIpc) is 2.59. The van der Waals surface area contributed by atoms with E-state index in [9.17, 15) is 9.59 Å². The number of hydrogen-bond donors (Lipinski definition) is 0. The second-order valence-electron chi connectivity index (χ2n) is 7.02. The van der Waals surface area contributed by atoms with Gasteiger partial charge in [-0.05, 0) is 19.8 Å². The van der Waals surface area contributed by atoms with Crippen molar-refractivity contribution in [1.29, 1.82) is 0 Å². The zero-order chi connectivity index (χ0) is 18.8. The van der Waals surface area contributed by atoms with Gasteiger partial charge in [-0.2, -0.15) is 0 Å². The highest BCUT2D eigenvalue weighted by Gasteiger charge is 2.12. The van der Waals surface area contributed by atoms with E-state index >= 15 is 0 Å². The molecule has 0 aromatic carbocycles. The SMILES string of the molecule is CCCCCCCCC(=O)OC[C@@H](C)OC(=O)CCCCCCCC. The van der Waals surface area contributed by atoms with Gasteiger partial charge in [0.25, 0.3) is 0 Å². The Hall–Kier alpha value is -1.06. The van der Waals surface area contributed by atoms with Crippen molar-refractivity contribution in [2.75, 3.05) is 6.61 Å². The van der Waals surface area contributed by atoms with E-state index < -0.39 is 0 Å². The van der Waals surface area contributed by atoms with E-state index in [1.54, 1.807) is 6.92 Å². The molecule has 4 heteroatoms. The van der Waals surface area contributed by atoms with Gasteiger partial charge in [0.15, 0.2) is 0 Å². The number of ether oxygens (including phenoxy) is 2. The van der Waals surface area contributed by atoms with Crippen LogP contribution < -0.4 is 0 Å². The third-order valence-electron chi connectivity index (χ3n) is 4.28. The minimum Gasteiger partial charge on any atom is -0.462 e. The summed E-state index contributed by atoms with van der Waals surface area (Å²) in [6.45, 7) is 6.33. The second kappa shape index (κ2) is 17.8. The van der Waals surface area contributed by atoms with Crippen LogP contribution in [0.4, 0.5) is 0 Å². The molecule has 1 atom stereocenters. The molecule has 0 aliphatic carbocycles. The molecule has 0 fully saturated rings. The van der Waals surface area contributed by atoms with Crippen LogP contribution in [0.2, 0.25) is 0 Å². The lowest BCUT2D eigenvalue weighted by atomic mass is 10.1. The van der Waals surface area contributed by atoms with E-state index in [1.165, 1.54) is 51.4 Å². The number of hydrogen-bond acceptors (Lipinski definition) is 4.